The molecule has 0 N–H and O–H groups in total. The van der Waals surface area contributed by atoms with E-state index in [4.69, 9.17) is 11.6 Å². The lowest BCUT2D eigenvalue weighted by atomic mass is 10.3. The van der Waals surface area contributed by atoms with Gasteiger partial charge in [0.15, 0.2) is 10.3 Å². The fraction of sp³-hybridized carbons (Fsp3) is 0.0909. The Kier molecular flexibility index (Phi) is 2.90. The summed E-state index contributed by atoms with van der Waals surface area (Å²) in [6.45, 7) is 0. The number of hydrogen-bond donors (Lipinski definition) is 0. The standard InChI is InChI=1S/C11H8ClN3S2/c1-16-11-14-8-6-7(12)2-3-9(8)17-10-13-4-5-15(10)11/h2-6H,1H3. The first kappa shape index (κ1) is 11.2. The molecule has 1 aliphatic rings. The van der Waals surface area contributed by atoms with Crippen molar-refractivity contribution in [1.29, 1.82) is 0 Å². The van der Waals surface area contributed by atoms with Gasteiger partial charge in [-0.1, -0.05) is 23.4 Å². The molecule has 86 valence electrons. The lowest BCUT2D eigenvalue weighted by Gasteiger charge is -2.03. The van der Waals surface area contributed by atoms with E-state index in [1.165, 1.54) is 0 Å². The fourth-order valence-electron chi connectivity index (χ4n) is 1.57. The van der Waals surface area contributed by atoms with Crippen LogP contribution in [0.15, 0.2) is 45.6 Å². The second-order valence-corrected chi connectivity index (χ2v) is 5.61. The SMILES string of the molecule is CSC1=Nc2cc(Cl)ccc2Sc2nccn21. The summed E-state index contributed by atoms with van der Waals surface area (Å²) in [7, 11) is 0. The molecular weight excluding hydrogens is 274 g/mol. The van der Waals surface area contributed by atoms with Gasteiger partial charge in [-0.2, -0.15) is 0 Å². The van der Waals surface area contributed by atoms with Crippen LogP contribution >= 0.6 is 35.1 Å². The van der Waals surface area contributed by atoms with E-state index in [1.54, 1.807) is 29.7 Å². The van der Waals surface area contributed by atoms with Crippen molar-refractivity contribution < 1.29 is 0 Å². The van der Waals surface area contributed by atoms with E-state index >= 15 is 0 Å². The highest BCUT2D eigenvalue weighted by Crippen LogP contribution is 2.39. The Balaban J connectivity index is 2.22. The summed E-state index contributed by atoms with van der Waals surface area (Å²) >= 11 is 9.19. The quantitative estimate of drug-likeness (QED) is 0.734. The third kappa shape index (κ3) is 1.99. The highest BCUT2D eigenvalue weighted by atomic mass is 35.5. The molecule has 0 saturated carbocycles. The highest BCUT2D eigenvalue weighted by Gasteiger charge is 2.17. The van der Waals surface area contributed by atoms with Gasteiger partial charge in [-0.25, -0.2) is 9.98 Å². The Hall–Kier alpha value is -0.910. The molecule has 0 radical (unpaired) electrons. The first-order valence-electron chi connectivity index (χ1n) is 4.92. The van der Waals surface area contributed by atoms with Crippen LogP contribution in [0.1, 0.15) is 0 Å². The summed E-state index contributed by atoms with van der Waals surface area (Å²) in [4.78, 5) is 10.0. The number of hydrogen-bond acceptors (Lipinski definition) is 4. The molecule has 0 bridgehead atoms. The normalized spacial score (nSPS) is 13.6. The smallest absolute Gasteiger partial charge is 0.179 e. The van der Waals surface area contributed by atoms with Gasteiger partial charge in [0, 0.05) is 22.3 Å². The van der Waals surface area contributed by atoms with Crippen LogP contribution in [0.4, 0.5) is 5.69 Å². The predicted octanol–water partition coefficient (Wildman–Crippen LogP) is 3.90. The third-order valence-electron chi connectivity index (χ3n) is 2.33. The average molecular weight is 282 g/mol. The van der Waals surface area contributed by atoms with Crippen LogP contribution in [0.5, 0.6) is 0 Å². The van der Waals surface area contributed by atoms with Crippen molar-refractivity contribution in [2.45, 2.75) is 10.1 Å². The number of rotatable bonds is 0. The van der Waals surface area contributed by atoms with Crippen LogP contribution < -0.4 is 0 Å². The molecule has 0 unspecified atom stereocenters. The second-order valence-electron chi connectivity index (χ2n) is 3.39. The molecule has 2 aromatic rings. The summed E-state index contributed by atoms with van der Waals surface area (Å²) in [5, 5.41) is 2.54. The van der Waals surface area contributed by atoms with Gasteiger partial charge in [0.2, 0.25) is 0 Å². The monoisotopic (exact) mass is 281 g/mol. The van der Waals surface area contributed by atoms with E-state index in [2.05, 4.69) is 9.98 Å². The molecule has 0 fully saturated rings. The number of nitrogens with zero attached hydrogens (tertiary/aromatic N) is 3. The number of aliphatic imine (C=N–C) groups is 1. The Morgan fingerprint density at radius 3 is 3.12 bits per heavy atom. The van der Waals surface area contributed by atoms with Gasteiger partial charge in [-0.3, -0.25) is 4.57 Å². The number of fused-ring (bicyclic) bond motifs is 2. The molecule has 0 amide bonds. The molecular formula is C11H8ClN3S2. The van der Waals surface area contributed by atoms with Crippen molar-refractivity contribution in [3.05, 3.63) is 35.6 Å². The molecule has 3 nitrogen and oxygen atoms in total. The van der Waals surface area contributed by atoms with Crippen LogP contribution in [0.25, 0.3) is 0 Å². The zero-order valence-electron chi connectivity index (χ0n) is 8.92. The molecule has 0 atom stereocenters. The summed E-state index contributed by atoms with van der Waals surface area (Å²) in [6, 6.07) is 5.74. The zero-order chi connectivity index (χ0) is 11.8. The van der Waals surface area contributed by atoms with Crippen LogP contribution in [0, 0.1) is 0 Å². The number of imidazole rings is 1. The summed E-state index contributed by atoms with van der Waals surface area (Å²) in [5.41, 5.74) is 0.900. The summed E-state index contributed by atoms with van der Waals surface area (Å²) < 4.78 is 1.99. The first-order valence-corrected chi connectivity index (χ1v) is 7.33. The third-order valence-corrected chi connectivity index (χ3v) is 4.27. The minimum absolute atomic E-state index is 0.702. The molecule has 6 heteroatoms. The number of thioether (sulfide) groups is 1. The van der Waals surface area contributed by atoms with Crippen molar-refractivity contribution in [1.82, 2.24) is 9.55 Å². The number of halogens is 1. The van der Waals surface area contributed by atoms with E-state index in [9.17, 15) is 0 Å². The van der Waals surface area contributed by atoms with Gasteiger partial charge in [-0.05, 0) is 36.2 Å². The van der Waals surface area contributed by atoms with Crippen LogP contribution in [0.3, 0.4) is 0 Å². The van der Waals surface area contributed by atoms with Crippen molar-refractivity contribution in [2.75, 3.05) is 6.26 Å². The highest BCUT2D eigenvalue weighted by molar-refractivity contribution is 8.13. The van der Waals surface area contributed by atoms with Crippen LogP contribution in [-0.4, -0.2) is 21.0 Å². The van der Waals surface area contributed by atoms with Gasteiger partial charge < -0.3 is 0 Å². The molecule has 0 aliphatic carbocycles. The second kappa shape index (κ2) is 4.40. The molecule has 1 aliphatic heterocycles. The fourth-order valence-corrected chi connectivity index (χ4v) is 3.23. The van der Waals surface area contributed by atoms with Gasteiger partial charge in [0.05, 0.1) is 5.69 Å². The van der Waals surface area contributed by atoms with E-state index in [-0.39, 0.29) is 0 Å². The Morgan fingerprint density at radius 1 is 1.41 bits per heavy atom. The molecule has 2 heterocycles. The Morgan fingerprint density at radius 2 is 2.29 bits per heavy atom. The van der Waals surface area contributed by atoms with E-state index in [0.717, 1.165) is 20.9 Å². The molecule has 1 aromatic carbocycles. The minimum atomic E-state index is 0.702. The lowest BCUT2D eigenvalue weighted by molar-refractivity contribution is 0.960. The lowest BCUT2D eigenvalue weighted by Crippen LogP contribution is -2.05. The maximum absolute atomic E-state index is 6.00. The minimum Gasteiger partial charge on any atom is -0.273 e. The van der Waals surface area contributed by atoms with Gasteiger partial charge in [0.1, 0.15) is 0 Å². The first-order chi connectivity index (χ1) is 8.28. The van der Waals surface area contributed by atoms with E-state index < -0.39 is 0 Å². The van der Waals surface area contributed by atoms with Gasteiger partial charge in [-0.15, -0.1) is 0 Å². The van der Waals surface area contributed by atoms with Crippen molar-refractivity contribution >= 4 is 46.0 Å². The number of benzene rings is 1. The predicted molar refractivity (Wildman–Crippen MR) is 73.8 cm³/mol. The Bertz CT molecular complexity index is 607. The molecule has 17 heavy (non-hydrogen) atoms. The Labute approximate surface area is 112 Å². The zero-order valence-corrected chi connectivity index (χ0v) is 11.3. The van der Waals surface area contributed by atoms with Crippen LogP contribution in [-0.2, 0) is 0 Å². The molecule has 1 aromatic heterocycles. The van der Waals surface area contributed by atoms with Crippen molar-refractivity contribution in [3.63, 3.8) is 0 Å². The molecule has 0 spiro atoms. The number of aromatic nitrogens is 2. The van der Waals surface area contributed by atoms with Gasteiger partial charge >= 0.3 is 0 Å². The molecule has 0 saturated heterocycles. The average Bonchev–Trinajstić information content (AvgIpc) is 2.72. The summed E-state index contributed by atoms with van der Waals surface area (Å²) in [6.07, 6.45) is 5.71. The van der Waals surface area contributed by atoms with Crippen molar-refractivity contribution in [2.24, 2.45) is 4.99 Å². The van der Waals surface area contributed by atoms with Crippen molar-refractivity contribution in [3.8, 4) is 0 Å². The van der Waals surface area contributed by atoms with Crippen LogP contribution in [0.2, 0.25) is 5.02 Å². The van der Waals surface area contributed by atoms with Gasteiger partial charge in [0.25, 0.3) is 0 Å². The topological polar surface area (TPSA) is 30.2 Å². The summed E-state index contributed by atoms with van der Waals surface area (Å²) in [5.74, 6) is 0. The van der Waals surface area contributed by atoms with E-state index in [0.29, 0.717) is 5.02 Å². The molecule has 3 rings (SSSR count). The van der Waals surface area contributed by atoms with E-state index in [1.807, 2.05) is 35.2 Å². The maximum atomic E-state index is 6.00. The largest absolute Gasteiger partial charge is 0.273 e. The maximum Gasteiger partial charge on any atom is 0.179 e.